The van der Waals surface area contributed by atoms with E-state index < -0.39 is 6.10 Å². The van der Waals surface area contributed by atoms with Gasteiger partial charge in [0.1, 0.15) is 11.6 Å². The molecule has 0 aliphatic rings. The number of methoxy groups -OCH3 is 1. The van der Waals surface area contributed by atoms with Crippen LogP contribution < -0.4 is 10.1 Å². The van der Waals surface area contributed by atoms with Crippen molar-refractivity contribution < 1.29 is 14.2 Å². The van der Waals surface area contributed by atoms with Crippen molar-refractivity contribution in [3.63, 3.8) is 0 Å². The van der Waals surface area contributed by atoms with Gasteiger partial charge in [-0.2, -0.15) is 0 Å². The second-order valence-corrected chi connectivity index (χ2v) is 5.00. The minimum Gasteiger partial charge on any atom is -0.497 e. The third kappa shape index (κ3) is 4.28. The fourth-order valence-electron chi connectivity index (χ4n) is 2.04. The quantitative estimate of drug-likeness (QED) is 0.859. The molecule has 4 heteroatoms. The summed E-state index contributed by atoms with van der Waals surface area (Å²) in [5.74, 6) is 0.555. The van der Waals surface area contributed by atoms with Crippen LogP contribution in [0.4, 0.5) is 4.39 Å². The van der Waals surface area contributed by atoms with Crippen LogP contribution in [-0.2, 0) is 6.54 Å². The van der Waals surface area contributed by atoms with E-state index in [-0.39, 0.29) is 5.82 Å². The molecule has 0 amide bonds. The van der Waals surface area contributed by atoms with Crippen molar-refractivity contribution in [2.45, 2.75) is 19.6 Å². The Labute approximate surface area is 124 Å². The molecule has 0 saturated heterocycles. The number of ether oxygens (including phenoxy) is 1. The molecule has 2 rings (SSSR count). The average molecular weight is 289 g/mol. The van der Waals surface area contributed by atoms with E-state index in [9.17, 15) is 9.50 Å². The Bertz CT molecular complexity index is 584. The Morgan fingerprint density at radius 3 is 2.52 bits per heavy atom. The Morgan fingerprint density at radius 2 is 1.90 bits per heavy atom. The highest BCUT2D eigenvalue weighted by Crippen LogP contribution is 2.17. The lowest BCUT2D eigenvalue weighted by atomic mass is 10.1. The first-order valence-electron chi connectivity index (χ1n) is 6.88. The van der Waals surface area contributed by atoms with Gasteiger partial charge in [0.05, 0.1) is 13.2 Å². The lowest BCUT2D eigenvalue weighted by Gasteiger charge is -2.13. The topological polar surface area (TPSA) is 41.5 Å². The highest BCUT2D eigenvalue weighted by Gasteiger charge is 2.07. The van der Waals surface area contributed by atoms with Gasteiger partial charge in [-0.15, -0.1) is 0 Å². The molecule has 2 aromatic rings. The molecular weight excluding hydrogens is 269 g/mol. The lowest BCUT2D eigenvalue weighted by Crippen LogP contribution is -2.21. The molecule has 1 atom stereocenters. The number of benzene rings is 2. The summed E-state index contributed by atoms with van der Waals surface area (Å²) < 4.78 is 18.5. The maximum absolute atomic E-state index is 13.4. The molecule has 0 saturated carbocycles. The van der Waals surface area contributed by atoms with Gasteiger partial charge in [-0.3, -0.25) is 0 Å². The van der Waals surface area contributed by atoms with Crippen molar-refractivity contribution in [2.75, 3.05) is 13.7 Å². The van der Waals surface area contributed by atoms with E-state index in [1.807, 2.05) is 30.3 Å². The van der Waals surface area contributed by atoms with Crippen LogP contribution in [0.25, 0.3) is 0 Å². The first kappa shape index (κ1) is 15.5. The van der Waals surface area contributed by atoms with Gasteiger partial charge in [0.15, 0.2) is 0 Å². The van der Waals surface area contributed by atoms with Gasteiger partial charge in [0.25, 0.3) is 0 Å². The zero-order chi connectivity index (χ0) is 15.2. The normalized spacial score (nSPS) is 12.2. The van der Waals surface area contributed by atoms with Gasteiger partial charge in [-0.1, -0.05) is 24.3 Å². The first-order chi connectivity index (χ1) is 10.1. The van der Waals surface area contributed by atoms with Crippen LogP contribution >= 0.6 is 0 Å². The number of aryl methyl sites for hydroxylation is 1. The number of rotatable bonds is 6. The fourth-order valence-corrected chi connectivity index (χ4v) is 2.04. The summed E-state index contributed by atoms with van der Waals surface area (Å²) in [4.78, 5) is 0. The SMILES string of the molecule is COc1ccc(C(O)CNCc2ccc(C)c(F)c2)cc1. The first-order valence-corrected chi connectivity index (χ1v) is 6.88. The van der Waals surface area contributed by atoms with Crippen LogP contribution in [0.1, 0.15) is 22.8 Å². The van der Waals surface area contributed by atoms with Crippen LogP contribution in [0, 0.1) is 12.7 Å². The minimum absolute atomic E-state index is 0.204. The standard InChI is InChI=1S/C17H20FNO2/c1-12-3-4-13(9-16(12)18)10-19-11-17(20)14-5-7-15(21-2)8-6-14/h3-9,17,19-20H,10-11H2,1-2H3. The third-order valence-corrected chi connectivity index (χ3v) is 3.40. The van der Waals surface area contributed by atoms with E-state index in [1.54, 1.807) is 20.1 Å². The summed E-state index contributed by atoms with van der Waals surface area (Å²) in [5.41, 5.74) is 2.32. The molecule has 0 aliphatic carbocycles. The lowest BCUT2D eigenvalue weighted by molar-refractivity contribution is 0.174. The van der Waals surface area contributed by atoms with Crippen molar-refractivity contribution in [2.24, 2.45) is 0 Å². The second-order valence-electron chi connectivity index (χ2n) is 5.00. The molecule has 3 nitrogen and oxygen atoms in total. The van der Waals surface area contributed by atoms with Crippen LogP contribution in [0.3, 0.4) is 0 Å². The molecule has 0 heterocycles. The molecule has 21 heavy (non-hydrogen) atoms. The predicted molar refractivity (Wildman–Crippen MR) is 80.8 cm³/mol. The highest BCUT2D eigenvalue weighted by molar-refractivity contribution is 5.28. The van der Waals surface area contributed by atoms with Gasteiger partial charge in [0, 0.05) is 13.1 Å². The van der Waals surface area contributed by atoms with Crippen molar-refractivity contribution in [1.29, 1.82) is 0 Å². The number of aliphatic hydroxyl groups is 1. The third-order valence-electron chi connectivity index (χ3n) is 3.40. The van der Waals surface area contributed by atoms with E-state index >= 15 is 0 Å². The van der Waals surface area contributed by atoms with Gasteiger partial charge in [-0.25, -0.2) is 4.39 Å². The monoisotopic (exact) mass is 289 g/mol. The smallest absolute Gasteiger partial charge is 0.126 e. The summed E-state index contributed by atoms with van der Waals surface area (Å²) in [6, 6.07) is 12.4. The zero-order valence-electron chi connectivity index (χ0n) is 12.3. The predicted octanol–water partition coefficient (Wildman–Crippen LogP) is 2.97. The number of hydrogen-bond donors (Lipinski definition) is 2. The average Bonchev–Trinajstić information content (AvgIpc) is 2.51. The van der Waals surface area contributed by atoms with Crippen molar-refractivity contribution in [3.05, 3.63) is 65.0 Å². The molecule has 112 valence electrons. The Kier molecular flexibility index (Phi) is 5.31. The summed E-state index contributed by atoms with van der Waals surface area (Å²) in [5, 5.41) is 13.2. The van der Waals surface area contributed by atoms with Crippen molar-refractivity contribution >= 4 is 0 Å². The Hall–Kier alpha value is -1.91. The number of nitrogens with one attached hydrogen (secondary N) is 1. The number of aliphatic hydroxyl groups excluding tert-OH is 1. The minimum atomic E-state index is -0.605. The van der Waals surface area contributed by atoms with E-state index in [0.717, 1.165) is 16.9 Å². The maximum Gasteiger partial charge on any atom is 0.126 e. The van der Waals surface area contributed by atoms with Crippen LogP contribution in [-0.4, -0.2) is 18.8 Å². The number of hydrogen-bond acceptors (Lipinski definition) is 3. The molecule has 0 spiro atoms. The molecule has 0 aromatic heterocycles. The van der Waals surface area contributed by atoms with Crippen molar-refractivity contribution in [1.82, 2.24) is 5.32 Å². The van der Waals surface area contributed by atoms with E-state index in [2.05, 4.69) is 5.32 Å². The van der Waals surface area contributed by atoms with Gasteiger partial charge >= 0.3 is 0 Å². The van der Waals surface area contributed by atoms with Crippen LogP contribution in [0.15, 0.2) is 42.5 Å². The summed E-state index contributed by atoms with van der Waals surface area (Å²) in [7, 11) is 1.60. The molecule has 1 unspecified atom stereocenters. The molecular formula is C17H20FNO2. The second kappa shape index (κ2) is 7.20. The van der Waals surface area contributed by atoms with E-state index in [4.69, 9.17) is 4.74 Å². The van der Waals surface area contributed by atoms with E-state index in [0.29, 0.717) is 18.7 Å². The maximum atomic E-state index is 13.4. The fraction of sp³-hybridized carbons (Fsp3) is 0.294. The van der Waals surface area contributed by atoms with Gasteiger partial charge in [0.2, 0.25) is 0 Å². The number of halogens is 1. The van der Waals surface area contributed by atoms with E-state index in [1.165, 1.54) is 6.07 Å². The highest BCUT2D eigenvalue weighted by atomic mass is 19.1. The largest absolute Gasteiger partial charge is 0.497 e. The van der Waals surface area contributed by atoms with Gasteiger partial charge < -0.3 is 15.2 Å². The van der Waals surface area contributed by atoms with Gasteiger partial charge in [-0.05, 0) is 41.8 Å². The van der Waals surface area contributed by atoms with Crippen LogP contribution in [0.5, 0.6) is 5.75 Å². The van der Waals surface area contributed by atoms with Crippen molar-refractivity contribution in [3.8, 4) is 5.75 Å². The summed E-state index contributed by atoms with van der Waals surface area (Å²) >= 11 is 0. The molecule has 0 radical (unpaired) electrons. The molecule has 0 fully saturated rings. The Balaban J connectivity index is 1.85. The Morgan fingerprint density at radius 1 is 1.19 bits per heavy atom. The zero-order valence-corrected chi connectivity index (χ0v) is 12.3. The molecule has 0 bridgehead atoms. The molecule has 2 aromatic carbocycles. The molecule has 2 N–H and O–H groups in total. The summed E-state index contributed by atoms with van der Waals surface area (Å²) in [6.45, 7) is 2.66. The summed E-state index contributed by atoms with van der Waals surface area (Å²) in [6.07, 6.45) is -0.605. The van der Waals surface area contributed by atoms with Crippen LogP contribution in [0.2, 0.25) is 0 Å². The molecule has 0 aliphatic heterocycles.